The maximum Gasteiger partial charge on any atom is 0.243 e. The summed E-state index contributed by atoms with van der Waals surface area (Å²) in [4.78, 5) is 30.1. The predicted octanol–water partition coefficient (Wildman–Crippen LogP) is -0.493. The fourth-order valence-electron chi connectivity index (χ4n) is 0.447. The van der Waals surface area contributed by atoms with Crippen LogP contribution in [0.15, 0.2) is 36.5 Å². The van der Waals surface area contributed by atoms with E-state index in [0.717, 1.165) is 0 Å². The van der Waals surface area contributed by atoms with Crippen LogP contribution in [0.1, 0.15) is 13.3 Å². The molecule has 0 saturated carbocycles. The molecule has 0 aliphatic rings. The third kappa shape index (κ3) is 19.9. The van der Waals surface area contributed by atoms with E-state index in [4.69, 9.17) is 17.2 Å². The summed E-state index contributed by atoms with van der Waals surface area (Å²) in [5.41, 5.74) is 14.7. The summed E-state index contributed by atoms with van der Waals surface area (Å²) < 4.78 is 0. The summed E-state index contributed by atoms with van der Waals surface area (Å²) >= 11 is 0. The van der Waals surface area contributed by atoms with Crippen molar-refractivity contribution in [3.63, 3.8) is 0 Å². The lowest BCUT2D eigenvalue weighted by molar-refractivity contribution is -0.115. The van der Waals surface area contributed by atoms with Crippen LogP contribution in [0, 0.1) is 0 Å². The summed E-state index contributed by atoms with van der Waals surface area (Å²) in [5.74, 6) is -1.44. The van der Waals surface area contributed by atoms with Crippen LogP contribution in [-0.2, 0) is 14.4 Å². The number of nitrogens with two attached hydrogens (primary N) is 3. The number of allylic oxidation sites excluding steroid dienone is 2. The molecule has 0 fully saturated rings. The van der Waals surface area contributed by atoms with Gasteiger partial charge >= 0.3 is 0 Å². The van der Waals surface area contributed by atoms with Crippen molar-refractivity contribution in [3.05, 3.63) is 36.5 Å². The first-order valence-corrected chi connectivity index (χ1v) is 4.64. The Morgan fingerprint density at radius 3 is 1.47 bits per heavy atom. The van der Waals surface area contributed by atoms with Crippen LogP contribution in [0.4, 0.5) is 0 Å². The van der Waals surface area contributed by atoms with Gasteiger partial charge < -0.3 is 17.2 Å². The van der Waals surface area contributed by atoms with Gasteiger partial charge in [0.15, 0.2) is 0 Å². The molecular weight excluding hydrogens is 222 g/mol. The molecule has 6 N–H and O–H groups in total. The van der Waals surface area contributed by atoms with Crippen LogP contribution >= 0.6 is 0 Å². The van der Waals surface area contributed by atoms with Crippen LogP contribution in [0.25, 0.3) is 0 Å². The van der Waals surface area contributed by atoms with Crippen molar-refractivity contribution in [1.82, 2.24) is 0 Å². The van der Waals surface area contributed by atoms with Gasteiger partial charge in [0.25, 0.3) is 0 Å². The Balaban J connectivity index is 0. The Kier molecular flexibility index (Phi) is 10.2. The lowest BCUT2D eigenvalue weighted by Crippen LogP contribution is -2.10. The molecule has 94 valence electrons. The topological polar surface area (TPSA) is 129 Å². The van der Waals surface area contributed by atoms with E-state index in [2.05, 4.69) is 6.58 Å². The number of primary amides is 3. The lowest BCUT2D eigenvalue weighted by Gasteiger charge is -1.81. The number of hydrogen-bond donors (Lipinski definition) is 3. The summed E-state index contributed by atoms with van der Waals surface area (Å²) in [6.07, 6.45) is 6.02. The number of carbonyl (C=O) groups is 3. The lowest BCUT2D eigenvalue weighted by atomic mass is 10.3. The van der Waals surface area contributed by atoms with Gasteiger partial charge in [-0.3, -0.25) is 14.4 Å². The molecule has 0 aliphatic carbocycles. The number of carbonyl (C=O) groups excluding carboxylic acids is 3. The first-order valence-electron chi connectivity index (χ1n) is 4.64. The molecule has 0 bridgehead atoms. The van der Waals surface area contributed by atoms with E-state index in [1.54, 1.807) is 19.1 Å². The van der Waals surface area contributed by atoms with Gasteiger partial charge in [0.2, 0.25) is 17.7 Å². The summed E-state index contributed by atoms with van der Waals surface area (Å²) in [6, 6.07) is 0. The van der Waals surface area contributed by atoms with Crippen LogP contribution in [-0.4, -0.2) is 17.7 Å². The fourth-order valence-corrected chi connectivity index (χ4v) is 0.447. The molecule has 6 nitrogen and oxygen atoms in total. The summed E-state index contributed by atoms with van der Waals surface area (Å²) in [7, 11) is 0. The second-order valence-electron chi connectivity index (χ2n) is 2.99. The van der Waals surface area contributed by atoms with Gasteiger partial charge in [0.1, 0.15) is 0 Å². The van der Waals surface area contributed by atoms with Crippen molar-refractivity contribution in [1.29, 1.82) is 0 Å². The molecule has 17 heavy (non-hydrogen) atoms. The molecule has 0 atom stereocenters. The zero-order chi connectivity index (χ0) is 13.8. The van der Waals surface area contributed by atoms with Gasteiger partial charge in [-0.15, -0.1) is 0 Å². The molecule has 0 heterocycles. The van der Waals surface area contributed by atoms with E-state index >= 15 is 0 Å². The average Bonchev–Trinajstić information content (AvgIpc) is 2.17. The fraction of sp³-hybridized carbons (Fsp3) is 0.182. The van der Waals surface area contributed by atoms with Crippen molar-refractivity contribution in [2.45, 2.75) is 13.3 Å². The van der Waals surface area contributed by atoms with Crippen LogP contribution in [0.5, 0.6) is 0 Å². The molecule has 0 unspecified atom stereocenters. The molecule has 0 spiro atoms. The van der Waals surface area contributed by atoms with Crippen molar-refractivity contribution >= 4 is 17.7 Å². The van der Waals surface area contributed by atoms with E-state index in [1.165, 1.54) is 12.2 Å². The van der Waals surface area contributed by atoms with Crippen LogP contribution in [0.2, 0.25) is 0 Å². The third-order valence-electron chi connectivity index (χ3n) is 1.26. The molecule has 0 saturated heterocycles. The van der Waals surface area contributed by atoms with E-state index < -0.39 is 17.7 Å². The maximum atomic E-state index is 10.1. The molecule has 0 rings (SSSR count). The van der Waals surface area contributed by atoms with Crippen molar-refractivity contribution < 1.29 is 14.4 Å². The number of rotatable bonds is 5. The van der Waals surface area contributed by atoms with Gasteiger partial charge in [0, 0.05) is 5.57 Å². The molecule has 0 aliphatic heterocycles. The minimum absolute atomic E-state index is 0.398. The molecule has 0 aromatic carbocycles. The van der Waals surface area contributed by atoms with E-state index in [1.807, 2.05) is 0 Å². The van der Waals surface area contributed by atoms with Gasteiger partial charge in [-0.05, 0) is 25.5 Å². The second-order valence-corrected chi connectivity index (χ2v) is 2.99. The third-order valence-corrected chi connectivity index (χ3v) is 1.26. The zero-order valence-corrected chi connectivity index (χ0v) is 9.68. The largest absolute Gasteiger partial charge is 0.366 e. The SMILES string of the molecule is C=C(C)C(N)=O.NC(=O)C=CCC=CC(N)=O. The Morgan fingerprint density at radius 1 is 1.00 bits per heavy atom. The number of amides is 3. The van der Waals surface area contributed by atoms with Gasteiger partial charge in [-0.2, -0.15) is 0 Å². The highest BCUT2D eigenvalue weighted by Gasteiger charge is 1.86. The quantitative estimate of drug-likeness (QED) is 0.559. The normalized spacial score (nSPS) is 9.71. The monoisotopic (exact) mass is 239 g/mol. The van der Waals surface area contributed by atoms with Crippen molar-refractivity contribution in [2.24, 2.45) is 17.2 Å². The highest BCUT2D eigenvalue weighted by atomic mass is 16.1. The van der Waals surface area contributed by atoms with Gasteiger partial charge in [0.05, 0.1) is 0 Å². The minimum Gasteiger partial charge on any atom is -0.366 e. The second kappa shape index (κ2) is 10.2. The van der Waals surface area contributed by atoms with Gasteiger partial charge in [-0.25, -0.2) is 0 Å². The van der Waals surface area contributed by atoms with E-state index in [9.17, 15) is 14.4 Å². The Bertz CT molecular complexity index is 323. The minimum atomic E-state index is -0.502. The average molecular weight is 239 g/mol. The Morgan fingerprint density at radius 2 is 1.29 bits per heavy atom. The van der Waals surface area contributed by atoms with Crippen molar-refractivity contribution in [2.75, 3.05) is 0 Å². The molecule has 6 heteroatoms. The van der Waals surface area contributed by atoms with E-state index in [0.29, 0.717) is 12.0 Å². The first-order chi connectivity index (χ1) is 7.77. The molecule has 3 amide bonds. The standard InChI is InChI=1S/C7H10N2O2.C4H7NO/c8-6(10)4-2-1-3-5-7(9)11;1-3(2)4(5)6/h2-5H,1H2,(H2,8,10)(H2,9,11);1H2,2H3,(H2,5,6). The summed E-state index contributed by atoms with van der Waals surface area (Å²) in [6.45, 7) is 4.85. The van der Waals surface area contributed by atoms with E-state index in [-0.39, 0.29) is 0 Å². The van der Waals surface area contributed by atoms with Crippen molar-refractivity contribution in [3.8, 4) is 0 Å². The Labute approximate surface area is 99.8 Å². The molecular formula is C11H17N3O3. The predicted molar refractivity (Wildman–Crippen MR) is 65.3 cm³/mol. The highest BCUT2D eigenvalue weighted by Crippen LogP contribution is 1.84. The maximum absolute atomic E-state index is 10.1. The number of hydrogen-bond acceptors (Lipinski definition) is 3. The highest BCUT2D eigenvalue weighted by molar-refractivity contribution is 5.90. The van der Waals surface area contributed by atoms with Crippen LogP contribution in [0.3, 0.4) is 0 Å². The Hall–Kier alpha value is -2.37. The molecule has 0 radical (unpaired) electrons. The van der Waals surface area contributed by atoms with Crippen LogP contribution < -0.4 is 17.2 Å². The zero-order valence-electron chi connectivity index (χ0n) is 9.68. The molecule has 0 aromatic rings. The smallest absolute Gasteiger partial charge is 0.243 e. The molecule has 0 aromatic heterocycles. The van der Waals surface area contributed by atoms with Gasteiger partial charge in [-0.1, -0.05) is 18.7 Å². The first kappa shape index (κ1) is 17.0. The summed E-state index contributed by atoms with van der Waals surface area (Å²) in [5, 5.41) is 0.